The highest BCUT2D eigenvalue weighted by atomic mass is 16.8. The molecule has 9 atom stereocenters. The molecular formula is C30H50O15. The van der Waals surface area contributed by atoms with E-state index in [1.807, 2.05) is 13.8 Å². The topological polar surface area (TPSA) is 214 Å². The molecule has 0 saturated carbocycles. The molecular weight excluding hydrogens is 600 g/mol. The van der Waals surface area contributed by atoms with Gasteiger partial charge in [-0.2, -0.15) is 0 Å². The molecule has 0 unspecified atom stereocenters. The lowest BCUT2D eigenvalue weighted by molar-refractivity contribution is -0.384. The summed E-state index contributed by atoms with van der Waals surface area (Å²) in [6.07, 6.45) is -8.40. The van der Waals surface area contributed by atoms with Gasteiger partial charge in [0, 0.05) is 19.8 Å². The van der Waals surface area contributed by atoms with E-state index in [-0.39, 0.29) is 12.8 Å². The molecule has 15 nitrogen and oxygen atoms in total. The minimum atomic E-state index is -2.37. The number of carbonyl (C=O) groups is 4. The van der Waals surface area contributed by atoms with Gasteiger partial charge in [0.2, 0.25) is 12.1 Å². The largest absolute Gasteiger partial charge is 0.455 e. The smallest absolute Gasteiger partial charge is 0.308 e. The first-order valence-corrected chi connectivity index (χ1v) is 15.7. The Morgan fingerprint density at radius 3 is 1.84 bits per heavy atom. The van der Waals surface area contributed by atoms with Gasteiger partial charge in [-0.25, -0.2) is 0 Å². The van der Waals surface area contributed by atoms with Crippen LogP contribution in [-0.2, 0) is 52.3 Å². The van der Waals surface area contributed by atoms with Gasteiger partial charge >= 0.3 is 23.9 Å². The maximum atomic E-state index is 12.8. The van der Waals surface area contributed by atoms with E-state index >= 15 is 0 Å². The summed E-state index contributed by atoms with van der Waals surface area (Å²) in [4.78, 5) is 50.5. The van der Waals surface area contributed by atoms with E-state index in [9.17, 15) is 39.6 Å². The number of aliphatic hydroxyl groups excluding tert-OH is 4. The molecule has 2 rings (SSSR count). The van der Waals surface area contributed by atoms with Gasteiger partial charge in [0.05, 0.1) is 19.1 Å². The summed E-state index contributed by atoms with van der Waals surface area (Å²) in [5.74, 6) is -6.08. The van der Waals surface area contributed by atoms with Crippen LogP contribution < -0.4 is 0 Å². The molecule has 0 radical (unpaired) electrons. The van der Waals surface area contributed by atoms with Crippen LogP contribution in [0.25, 0.3) is 0 Å². The fourth-order valence-electron chi connectivity index (χ4n) is 5.04. The SMILES string of the molecule is CCCCCC(=O)O[C@H]1[C@H](OC(=O)C(C)C)[C@@H](OC(C)=O)[C@@H](O[C@]2(CO)O[C@H](CO)[C@@H](O)[C@@H]2OC(=O)CCCCC)O[C@@H]1CO. The lowest BCUT2D eigenvalue weighted by Crippen LogP contribution is -2.65. The third kappa shape index (κ3) is 10.6. The fourth-order valence-corrected chi connectivity index (χ4v) is 5.04. The van der Waals surface area contributed by atoms with Crippen molar-refractivity contribution in [3.8, 4) is 0 Å². The summed E-state index contributed by atoms with van der Waals surface area (Å²) in [5, 5.41) is 41.5. The Kier molecular flexibility index (Phi) is 16.1. The summed E-state index contributed by atoms with van der Waals surface area (Å²) in [5.41, 5.74) is 0. The molecule has 260 valence electrons. The van der Waals surface area contributed by atoms with Crippen LogP contribution in [0, 0.1) is 5.92 Å². The number of hydrogen-bond acceptors (Lipinski definition) is 15. The standard InChI is InChI=1S/C30H50O15/c1-6-8-10-12-21(35)41-24-20(15-32)40-29(26(39-18(5)34)25(24)43-28(38)17(3)4)45-30(16-33)27(23(37)19(14-31)44-30)42-22(36)13-11-9-7-2/h17,19-20,23-27,29,31-33,37H,6-16H2,1-5H3/t19-,20-,23-,24-,25+,26-,27+,29-,30+/m1/s1. The quantitative estimate of drug-likeness (QED) is 0.0910. The third-order valence-electron chi connectivity index (χ3n) is 7.48. The predicted molar refractivity (Wildman–Crippen MR) is 153 cm³/mol. The summed E-state index contributed by atoms with van der Waals surface area (Å²) in [6.45, 7) is 5.49. The zero-order valence-electron chi connectivity index (χ0n) is 26.8. The Morgan fingerprint density at radius 1 is 0.778 bits per heavy atom. The Labute approximate surface area is 263 Å². The van der Waals surface area contributed by atoms with Gasteiger partial charge in [-0.1, -0.05) is 53.4 Å². The summed E-state index contributed by atoms with van der Waals surface area (Å²) >= 11 is 0. The molecule has 0 aliphatic carbocycles. The van der Waals surface area contributed by atoms with E-state index in [2.05, 4.69) is 0 Å². The number of rotatable bonds is 18. The fraction of sp³-hybridized carbons (Fsp3) is 0.867. The lowest BCUT2D eigenvalue weighted by Gasteiger charge is -2.46. The second kappa shape index (κ2) is 18.7. The van der Waals surface area contributed by atoms with E-state index in [0.29, 0.717) is 12.8 Å². The van der Waals surface area contributed by atoms with Crippen molar-refractivity contribution in [2.45, 2.75) is 141 Å². The molecule has 2 heterocycles. The Bertz CT molecular complexity index is 958. The third-order valence-corrected chi connectivity index (χ3v) is 7.48. The average Bonchev–Trinajstić information content (AvgIpc) is 3.25. The molecule has 4 N–H and O–H groups in total. The zero-order valence-corrected chi connectivity index (χ0v) is 26.8. The van der Waals surface area contributed by atoms with Crippen LogP contribution >= 0.6 is 0 Å². The normalized spacial score (nSPS) is 31.4. The number of hydrogen-bond donors (Lipinski definition) is 4. The van der Waals surface area contributed by atoms with Crippen LogP contribution in [0.1, 0.15) is 86.0 Å². The first-order chi connectivity index (χ1) is 21.4. The Morgan fingerprint density at radius 2 is 1.36 bits per heavy atom. The molecule has 2 aliphatic heterocycles. The molecule has 2 saturated heterocycles. The van der Waals surface area contributed by atoms with Gasteiger partial charge in [0.25, 0.3) is 0 Å². The van der Waals surface area contributed by atoms with Crippen LogP contribution in [0.3, 0.4) is 0 Å². The van der Waals surface area contributed by atoms with Crippen molar-refractivity contribution in [1.29, 1.82) is 0 Å². The molecule has 0 bridgehead atoms. The lowest BCUT2D eigenvalue weighted by atomic mass is 9.97. The van der Waals surface area contributed by atoms with E-state index in [0.717, 1.165) is 32.6 Å². The minimum Gasteiger partial charge on any atom is -0.455 e. The van der Waals surface area contributed by atoms with Gasteiger partial charge in [-0.3, -0.25) is 19.2 Å². The highest BCUT2D eigenvalue weighted by Gasteiger charge is 2.62. The monoisotopic (exact) mass is 650 g/mol. The molecule has 0 aromatic heterocycles. The second-order valence-corrected chi connectivity index (χ2v) is 11.6. The molecule has 0 spiro atoms. The van der Waals surface area contributed by atoms with Crippen LogP contribution in [0.4, 0.5) is 0 Å². The van der Waals surface area contributed by atoms with E-state index < -0.39 is 104 Å². The number of aliphatic hydroxyl groups is 4. The summed E-state index contributed by atoms with van der Waals surface area (Å²) in [7, 11) is 0. The molecule has 2 aliphatic rings. The van der Waals surface area contributed by atoms with E-state index in [4.69, 9.17) is 33.2 Å². The molecule has 0 aromatic carbocycles. The van der Waals surface area contributed by atoms with Crippen molar-refractivity contribution in [2.24, 2.45) is 5.92 Å². The van der Waals surface area contributed by atoms with Crippen molar-refractivity contribution in [2.75, 3.05) is 19.8 Å². The molecule has 2 fully saturated rings. The maximum absolute atomic E-state index is 12.8. The molecule has 0 amide bonds. The van der Waals surface area contributed by atoms with Crippen molar-refractivity contribution >= 4 is 23.9 Å². The maximum Gasteiger partial charge on any atom is 0.308 e. The van der Waals surface area contributed by atoms with E-state index in [1.54, 1.807) is 13.8 Å². The second-order valence-electron chi connectivity index (χ2n) is 11.6. The summed E-state index contributed by atoms with van der Waals surface area (Å²) in [6, 6.07) is 0. The zero-order chi connectivity index (χ0) is 33.7. The Balaban J connectivity index is 2.51. The van der Waals surface area contributed by atoms with Crippen LogP contribution in [0.15, 0.2) is 0 Å². The average molecular weight is 651 g/mol. The number of unbranched alkanes of at least 4 members (excludes halogenated alkanes) is 4. The van der Waals surface area contributed by atoms with Crippen molar-refractivity contribution < 1.29 is 72.8 Å². The predicted octanol–water partition coefficient (Wildman–Crippen LogP) is 0.645. The van der Waals surface area contributed by atoms with Gasteiger partial charge in [0.1, 0.15) is 24.9 Å². The van der Waals surface area contributed by atoms with Gasteiger partial charge in [-0.05, 0) is 12.8 Å². The van der Waals surface area contributed by atoms with Crippen LogP contribution in [-0.4, -0.2) is 119 Å². The van der Waals surface area contributed by atoms with Gasteiger partial charge in [0.15, 0.2) is 24.4 Å². The first-order valence-electron chi connectivity index (χ1n) is 15.7. The Hall–Kier alpha value is -2.40. The van der Waals surface area contributed by atoms with Crippen molar-refractivity contribution in [1.82, 2.24) is 0 Å². The number of esters is 4. The van der Waals surface area contributed by atoms with Crippen molar-refractivity contribution in [3.63, 3.8) is 0 Å². The molecule has 45 heavy (non-hydrogen) atoms. The first kappa shape index (κ1) is 38.8. The molecule has 0 aromatic rings. The molecule has 15 heteroatoms. The summed E-state index contributed by atoms with van der Waals surface area (Å²) < 4.78 is 39.8. The minimum absolute atomic E-state index is 0.0104. The number of carbonyl (C=O) groups excluding carboxylic acids is 4. The van der Waals surface area contributed by atoms with Crippen LogP contribution in [0.5, 0.6) is 0 Å². The highest BCUT2D eigenvalue weighted by Crippen LogP contribution is 2.39. The highest BCUT2D eigenvalue weighted by molar-refractivity contribution is 5.72. The van der Waals surface area contributed by atoms with Crippen LogP contribution in [0.2, 0.25) is 0 Å². The number of ether oxygens (including phenoxy) is 7. The van der Waals surface area contributed by atoms with Gasteiger partial charge in [-0.15, -0.1) is 0 Å². The van der Waals surface area contributed by atoms with Gasteiger partial charge < -0.3 is 53.6 Å². The van der Waals surface area contributed by atoms with Crippen molar-refractivity contribution in [3.05, 3.63) is 0 Å². The van der Waals surface area contributed by atoms with E-state index in [1.165, 1.54) is 0 Å².